The van der Waals surface area contributed by atoms with Crippen molar-refractivity contribution in [3.63, 3.8) is 0 Å². The van der Waals surface area contributed by atoms with E-state index in [1.807, 2.05) is 43.3 Å². The molecule has 1 heterocycles. The molecule has 0 fully saturated rings. The minimum Gasteiger partial charge on any atom is -0.280 e. The van der Waals surface area contributed by atoms with Gasteiger partial charge in [-0.1, -0.05) is 54.1 Å². The van der Waals surface area contributed by atoms with Gasteiger partial charge in [-0.25, -0.2) is 16.8 Å². The van der Waals surface area contributed by atoms with Crippen LogP contribution in [0, 0.1) is 6.92 Å². The molecule has 0 saturated carbocycles. The van der Waals surface area contributed by atoms with E-state index in [9.17, 15) is 16.8 Å². The number of benzene rings is 3. The molecule has 0 aromatic heterocycles. The van der Waals surface area contributed by atoms with Crippen molar-refractivity contribution in [1.82, 2.24) is 4.31 Å². The van der Waals surface area contributed by atoms with Gasteiger partial charge in [0.1, 0.15) is 0 Å². The van der Waals surface area contributed by atoms with E-state index in [1.54, 1.807) is 36.4 Å². The van der Waals surface area contributed by atoms with Gasteiger partial charge in [0, 0.05) is 18.8 Å². The molecule has 1 N–H and O–H groups in total. The largest absolute Gasteiger partial charge is 0.280 e. The maximum Gasteiger partial charge on any atom is 0.255 e. The van der Waals surface area contributed by atoms with Crippen molar-refractivity contribution >= 4 is 31.8 Å². The number of rotatable bonds is 6. The normalized spacial score (nSPS) is 14.9. The molecular formula is C24H24N2O4S2. The molecule has 166 valence electrons. The summed E-state index contributed by atoms with van der Waals surface area (Å²) >= 11 is 0. The number of aryl methyl sites for hydroxylation is 1. The third-order valence-corrected chi connectivity index (χ3v) is 8.22. The Balaban J connectivity index is 1.52. The van der Waals surface area contributed by atoms with Gasteiger partial charge in [-0.15, -0.1) is 0 Å². The lowest BCUT2D eigenvalue weighted by Gasteiger charge is -2.28. The van der Waals surface area contributed by atoms with Crippen molar-refractivity contribution in [2.24, 2.45) is 0 Å². The number of nitrogens with zero attached hydrogens (tertiary/aromatic N) is 1. The number of nitrogens with one attached hydrogen (secondary N) is 1. The Hall–Kier alpha value is -2.94. The third-order valence-electron chi connectivity index (χ3n) is 5.34. The Morgan fingerprint density at radius 1 is 0.875 bits per heavy atom. The molecule has 0 radical (unpaired) electrons. The van der Waals surface area contributed by atoms with Gasteiger partial charge < -0.3 is 0 Å². The van der Waals surface area contributed by atoms with Gasteiger partial charge in [0.25, 0.3) is 10.0 Å². The molecule has 0 aliphatic carbocycles. The molecule has 1 aliphatic rings. The van der Waals surface area contributed by atoms with Crippen LogP contribution in [-0.2, 0) is 33.0 Å². The quantitative estimate of drug-likeness (QED) is 0.589. The first-order valence-corrected chi connectivity index (χ1v) is 13.2. The fraction of sp³-hybridized carbons (Fsp3) is 0.167. The van der Waals surface area contributed by atoms with Gasteiger partial charge in [-0.3, -0.25) is 4.72 Å². The van der Waals surface area contributed by atoms with Crippen LogP contribution in [0.1, 0.15) is 22.3 Å². The van der Waals surface area contributed by atoms with Crippen molar-refractivity contribution in [3.05, 3.63) is 100 Å². The summed E-state index contributed by atoms with van der Waals surface area (Å²) in [6.45, 7) is 2.49. The average molecular weight is 469 g/mol. The molecule has 8 heteroatoms. The Morgan fingerprint density at radius 2 is 1.59 bits per heavy atom. The van der Waals surface area contributed by atoms with E-state index in [1.165, 1.54) is 10.4 Å². The summed E-state index contributed by atoms with van der Waals surface area (Å²) < 4.78 is 55.0. The van der Waals surface area contributed by atoms with E-state index in [2.05, 4.69) is 4.72 Å². The molecule has 0 atom stereocenters. The fourth-order valence-corrected chi connectivity index (χ4v) is 5.87. The number of anilines is 1. The summed E-state index contributed by atoms with van der Waals surface area (Å²) in [6, 6.07) is 21.2. The highest BCUT2D eigenvalue weighted by Gasteiger charge is 2.28. The standard InChI is InChI=1S/C24H24N2O4S2/c1-19-7-11-24(12-8-19)32(29,30)26-15-13-21-9-10-23(17-22(21)18-26)25-31(27,28)16-14-20-5-3-2-4-6-20/h2-12,14,16-17,25H,13,15,18H2,1H3/b16-14+. The van der Waals surface area contributed by atoms with E-state index >= 15 is 0 Å². The maximum atomic E-state index is 13.0. The number of sulfonamides is 2. The van der Waals surface area contributed by atoms with Crippen molar-refractivity contribution in [2.75, 3.05) is 11.3 Å². The van der Waals surface area contributed by atoms with Crippen LogP contribution in [0.4, 0.5) is 5.69 Å². The number of hydrogen-bond acceptors (Lipinski definition) is 4. The van der Waals surface area contributed by atoms with Gasteiger partial charge in [0.05, 0.1) is 10.3 Å². The highest BCUT2D eigenvalue weighted by Crippen LogP contribution is 2.27. The molecule has 0 unspecified atom stereocenters. The Morgan fingerprint density at radius 3 is 2.31 bits per heavy atom. The molecule has 3 aromatic rings. The average Bonchev–Trinajstić information content (AvgIpc) is 2.78. The molecule has 32 heavy (non-hydrogen) atoms. The fourth-order valence-electron chi connectivity index (χ4n) is 3.59. The van der Waals surface area contributed by atoms with Crippen LogP contribution >= 0.6 is 0 Å². The Labute approximate surface area is 189 Å². The third kappa shape index (κ3) is 5.09. The second kappa shape index (κ2) is 8.90. The summed E-state index contributed by atoms with van der Waals surface area (Å²) in [6.07, 6.45) is 2.10. The van der Waals surface area contributed by atoms with Gasteiger partial charge in [-0.2, -0.15) is 4.31 Å². The lowest BCUT2D eigenvalue weighted by atomic mass is 10.0. The van der Waals surface area contributed by atoms with Crippen LogP contribution < -0.4 is 4.72 Å². The van der Waals surface area contributed by atoms with Gasteiger partial charge in [-0.05, 0) is 60.4 Å². The van der Waals surface area contributed by atoms with E-state index in [4.69, 9.17) is 0 Å². The molecule has 0 amide bonds. The second-order valence-electron chi connectivity index (χ2n) is 7.75. The van der Waals surface area contributed by atoms with Gasteiger partial charge in [0.2, 0.25) is 10.0 Å². The van der Waals surface area contributed by atoms with Crippen molar-refractivity contribution in [2.45, 2.75) is 24.8 Å². The zero-order valence-electron chi connectivity index (χ0n) is 17.6. The first-order chi connectivity index (χ1) is 15.2. The molecule has 0 spiro atoms. The van der Waals surface area contributed by atoms with Gasteiger partial charge in [0.15, 0.2) is 0 Å². The smallest absolute Gasteiger partial charge is 0.255 e. The van der Waals surface area contributed by atoms with E-state index in [0.717, 1.165) is 27.7 Å². The minimum atomic E-state index is -3.71. The summed E-state index contributed by atoms with van der Waals surface area (Å²) in [5, 5.41) is 1.12. The van der Waals surface area contributed by atoms with Gasteiger partial charge >= 0.3 is 0 Å². The Kier molecular flexibility index (Phi) is 6.19. The second-order valence-corrected chi connectivity index (χ2v) is 11.2. The van der Waals surface area contributed by atoms with Crippen LogP contribution in [0.3, 0.4) is 0 Å². The number of fused-ring (bicyclic) bond motifs is 1. The molecule has 4 rings (SSSR count). The topological polar surface area (TPSA) is 83.6 Å². The van der Waals surface area contributed by atoms with Crippen molar-refractivity contribution in [3.8, 4) is 0 Å². The van der Waals surface area contributed by atoms with Crippen molar-refractivity contribution < 1.29 is 16.8 Å². The monoisotopic (exact) mass is 468 g/mol. The number of hydrogen-bond donors (Lipinski definition) is 1. The van der Waals surface area contributed by atoms with Crippen LogP contribution in [0.15, 0.2) is 83.1 Å². The van der Waals surface area contributed by atoms with Crippen LogP contribution in [-0.4, -0.2) is 27.7 Å². The molecule has 1 aliphatic heterocycles. The van der Waals surface area contributed by atoms with Crippen molar-refractivity contribution in [1.29, 1.82) is 0 Å². The molecule has 0 saturated heterocycles. The highest BCUT2D eigenvalue weighted by molar-refractivity contribution is 7.95. The lowest BCUT2D eigenvalue weighted by molar-refractivity contribution is 0.391. The highest BCUT2D eigenvalue weighted by atomic mass is 32.2. The molecule has 0 bridgehead atoms. The first-order valence-electron chi connectivity index (χ1n) is 10.2. The minimum absolute atomic E-state index is 0.195. The van der Waals surface area contributed by atoms with E-state index in [0.29, 0.717) is 18.7 Å². The van der Waals surface area contributed by atoms with E-state index in [-0.39, 0.29) is 11.4 Å². The summed E-state index contributed by atoms with van der Waals surface area (Å²) in [4.78, 5) is 0.259. The van der Waals surface area contributed by atoms with Crippen LogP contribution in [0.5, 0.6) is 0 Å². The maximum absolute atomic E-state index is 13.0. The molecular weight excluding hydrogens is 444 g/mol. The summed E-state index contributed by atoms with van der Waals surface area (Å²) in [5.41, 5.74) is 3.98. The molecule has 6 nitrogen and oxygen atoms in total. The van der Waals surface area contributed by atoms with Crippen LogP contribution in [0.2, 0.25) is 0 Å². The zero-order chi connectivity index (χ0) is 22.8. The van der Waals surface area contributed by atoms with Crippen LogP contribution in [0.25, 0.3) is 6.08 Å². The van der Waals surface area contributed by atoms with E-state index < -0.39 is 20.0 Å². The SMILES string of the molecule is Cc1ccc(S(=O)(=O)N2CCc3ccc(NS(=O)(=O)/C=C/c4ccccc4)cc3C2)cc1. The predicted molar refractivity (Wildman–Crippen MR) is 127 cm³/mol. The summed E-state index contributed by atoms with van der Waals surface area (Å²) in [5.74, 6) is 0. The lowest BCUT2D eigenvalue weighted by Crippen LogP contribution is -2.36. The summed E-state index contributed by atoms with van der Waals surface area (Å²) in [7, 11) is -7.34. The molecule has 3 aromatic carbocycles. The predicted octanol–water partition coefficient (Wildman–Crippen LogP) is 4.15. The first kappa shape index (κ1) is 22.3. The Bertz CT molecular complexity index is 1350. The zero-order valence-corrected chi connectivity index (χ0v) is 19.2.